The summed E-state index contributed by atoms with van der Waals surface area (Å²) in [7, 11) is 0. The molecule has 0 bridgehead atoms. The number of halogens is 1. The van der Waals surface area contributed by atoms with E-state index < -0.39 is 0 Å². The van der Waals surface area contributed by atoms with Crippen molar-refractivity contribution in [1.82, 2.24) is 4.90 Å². The van der Waals surface area contributed by atoms with Crippen LogP contribution in [0.3, 0.4) is 0 Å². The van der Waals surface area contributed by atoms with E-state index in [4.69, 9.17) is 11.6 Å². The summed E-state index contributed by atoms with van der Waals surface area (Å²) in [4.78, 5) is 14.7. The van der Waals surface area contributed by atoms with Gasteiger partial charge in [-0.2, -0.15) is 0 Å². The SMILES string of the molecule is CC(C)N(C(=O)CCCc1ccc(Cl)cc1)C1CCCC1. The Morgan fingerprint density at radius 2 is 1.86 bits per heavy atom. The molecule has 0 N–H and O–H groups in total. The van der Waals surface area contributed by atoms with Crippen LogP contribution in [0.2, 0.25) is 5.02 Å². The van der Waals surface area contributed by atoms with Gasteiger partial charge in [0, 0.05) is 23.5 Å². The molecule has 0 aliphatic heterocycles. The summed E-state index contributed by atoms with van der Waals surface area (Å²) in [6.45, 7) is 4.27. The molecule has 1 aliphatic rings. The fraction of sp³-hybridized carbons (Fsp3) is 0.611. The fourth-order valence-corrected chi connectivity index (χ4v) is 3.45. The van der Waals surface area contributed by atoms with Gasteiger partial charge in [-0.3, -0.25) is 4.79 Å². The van der Waals surface area contributed by atoms with Crippen LogP contribution < -0.4 is 0 Å². The summed E-state index contributed by atoms with van der Waals surface area (Å²) in [5.74, 6) is 0.325. The Hall–Kier alpha value is -1.02. The highest BCUT2D eigenvalue weighted by Crippen LogP contribution is 2.26. The quantitative estimate of drug-likeness (QED) is 0.736. The number of aryl methyl sites for hydroxylation is 1. The van der Waals surface area contributed by atoms with Crippen molar-refractivity contribution in [3.63, 3.8) is 0 Å². The van der Waals surface area contributed by atoms with E-state index in [0.29, 0.717) is 24.4 Å². The van der Waals surface area contributed by atoms with Crippen molar-refractivity contribution in [2.45, 2.75) is 70.9 Å². The number of carbonyl (C=O) groups excluding carboxylic acids is 1. The molecule has 2 rings (SSSR count). The zero-order valence-electron chi connectivity index (χ0n) is 13.1. The summed E-state index contributed by atoms with van der Waals surface area (Å²) < 4.78 is 0. The van der Waals surface area contributed by atoms with Gasteiger partial charge in [-0.15, -0.1) is 0 Å². The van der Waals surface area contributed by atoms with Crippen LogP contribution in [0.5, 0.6) is 0 Å². The number of hydrogen-bond acceptors (Lipinski definition) is 1. The molecular weight excluding hydrogens is 282 g/mol. The van der Waals surface area contributed by atoms with E-state index in [1.807, 2.05) is 24.3 Å². The topological polar surface area (TPSA) is 20.3 Å². The van der Waals surface area contributed by atoms with E-state index >= 15 is 0 Å². The molecule has 0 unspecified atom stereocenters. The van der Waals surface area contributed by atoms with Gasteiger partial charge in [0.25, 0.3) is 0 Å². The van der Waals surface area contributed by atoms with E-state index in [1.54, 1.807) is 0 Å². The predicted molar refractivity (Wildman–Crippen MR) is 88.6 cm³/mol. The lowest BCUT2D eigenvalue weighted by Crippen LogP contribution is -2.43. The van der Waals surface area contributed by atoms with Gasteiger partial charge >= 0.3 is 0 Å². The molecule has 3 heteroatoms. The van der Waals surface area contributed by atoms with E-state index in [0.717, 1.165) is 17.9 Å². The molecule has 1 aromatic rings. The van der Waals surface area contributed by atoms with Crippen molar-refractivity contribution >= 4 is 17.5 Å². The first kappa shape index (κ1) is 16.4. The van der Waals surface area contributed by atoms with Crippen molar-refractivity contribution in [2.75, 3.05) is 0 Å². The molecular formula is C18H26ClNO. The monoisotopic (exact) mass is 307 g/mol. The molecule has 1 aliphatic carbocycles. The van der Waals surface area contributed by atoms with Crippen LogP contribution >= 0.6 is 11.6 Å². The third-order valence-corrected chi connectivity index (χ3v) is 4.58. The molecule has 0 radical (unpaired) electrons. The standard InChI is InChI=1S/C18H26ClNO/c1-14(2)20(17-7-3-4-8-17)18(21)9-5-6-15-10-12-16(19)13-11-15/h10-14,17H,3-9H2,1-2H3. The number of hydrogen-bond donors (Lipinski definition) is 0. The summed E-state index contributed by atoms with van der Waals surface area (Å²) >= 11 is 5.88. The highest BCUT2D eigenvalue weighted by Gasteiger charge is 2.27. The molecule has 2 nitrogen and oxygen atoms in total. The first-order valence-corrected chi connectivity index (χ1v) is 8.51. The second kappa shape index (κ2) is 7.84. The predicted octanol–water partition coefficient (Wildman–Crippen LogP) is 4.84. The maximum absolute atomic E-state index is 12.5. The van der Waals surface area contributed by atoms with Gasteiger partial charge in [-0.25, -0.2) is 0 Å². The summed E-state index contributed by atoms with van der Waals surface area (Å²) in [5.41, 5.74) is 1.25. The number of nitrogens with zero attached hydrogens (tertiary/aromatic N) is 1. The third kappa shape index (κ3) is 4.74. The largest absolute Gasteiger partial charge is 0.337 e. The number of carbonyl (C=O) groups is 1. The summed E-state index contributed by atoms with van der Waals surface area (Å²) in [6, 6.07) is 8.72. The lowest BCUT2D eigenvalue weighted by Gasteiger charge is -2.33. The summed E-state index contributed by atoms with van der Waals surface area (Å²) in [5, 5.41) is 0.766. The first-order chi connectivity index (χ1) is 10.1. The minimum atomic E-state index is 0.316. The maximum Gasteiger partial charge on any atom is 0.223 e. The van der Waals surface area contributed by atoms with Crippen molar-refractivity contribution < 1.29 is 4.79 Å². The summed E-state index contributed by atoms with van der Waals surface area (Å²) in [6.07, 6.45) is 7.41. The smallest absolute Gasteiger partial charge is 0.223 e. The van der Waals surface area contributed by atoms with Crippen LogP contribution in [0.4, 0.5) is 0 Å². The third-order valence-electron chi connectivity index (χ3n) is 4.33. The van der Waals surface area contributed by atoms with Gasteiger partial charge in [-0.1, -0.05) is 36.6 Å². The normalized spacial score (nSPS) is 15.6. The Morgan fingerprint density at radius 3 is 2.43 bits per heavy atom. The lowest BCUT2D eigenvalue weighted by atomic mass is 10.1. The molecule has 0 aromatic heterocycles. The Balaban J connectivity index is 1.83. The van der Waals surface area contributed by atoms with Crippen LogP contribution in [0.1, 0.15) is 57.9 Å². The van der Waals surface area contributed by atoms with Gasteiger partial charge in [0.2, 0.25) is 5.91 Å². The minimum Gasteiger partial charge on any atom is -0.337 e. The van der Waals surface area contributed by atoms with Gasteiger partial charge < -0.3 is 4.90 Å². The van der Waals surface area contributed by atoms with E-state index in [2.05, 4.69) is 18.7 Å². The zero-order chi connectivity index (χ0) is 15.2. The zero-order valence-corrected chi connectivity index (χ0v) is 13.9. The Bertz CT molecular complexity index is 449. The Morgan fingerprint density at radius 1 is 1.24 bits per heavy atom. The van der Waals surface area contributed by atoms with Gasteiger partial charge in [0.15, 0.2) is 0 Å². The molecule has 0 spiro atoms. The van der Waals surface area contributed by atoms with Gasteiger partial charge in [-0.05, 0) is 57.2 Å². The second-order valence-electron chi connectivity index (χ2n) is 6.31. The van der Waals surface area contributed by atoms with Crippen molar-refractivity contribution in [3.8, 4) is 0 Å². The van der Waals surface area contributed by atoms with Crippen molar-refractivity contribution in [2.24, 2.45) is 0 Å². The second-order valence-corrected chi connectivity index (χ2v) is 6.75. The van der Waals surface area contributed by atoms with Crippen LogP contribution in [0, 0.1) is 0 Å². The fourth-order valence-electron chi connectivity index (χ4n) is 3.32. The minimum absolute atomic E-state index is 0.316. The molecule has 0 heterocycles. The molecule has 1 aromatic carbocycles. The molecule has 0 atom stereocenters. The average molecular weight is 308 g/mol. The van der Waals surface area contributed by atoms with Crippen LogP contribution in [-0.2, 0) is 11.2 Å². The highest BCUT2D eigenvalue weighted by molar-refractivity contribution is 6.30. The average Bonchev–Trinajstić information content (AvgIpc) is 2.94. The maximum atomic E-state index is 12.5. The number of rotatable bonds is 6. The molecule has 0 saturated heterocycles. The van der Waals surface area contributed by atoms with E-state index in [-0.39, 0.29) is 0 Å². The van der Waals surface area contributed by atoms with Crippen LogP contribution in [0.25, 0.3) is 0 Å². The van der Waals surface area contributed by atoms with Crippen LogP contribution in [-0.4, -0.2) is 22.9 Å². The van der Waals surface area contributed by atoms with E-state index in [9.17, 15) is 4.79 Å². The highest BCUT2D eigenvalue weighted by atomic mass is 35.5. The van der Waals surface area contributed by atoms with Crippen molar-refractivity contribution in [3.05, 3.63) is 34.9 Å². The van der Waals surface area contributed by atoms with Crippen LogP contribution in [0.15, 0.2) is 24.3 Å². The molecule has 1 fully saturated rings. The lowest BCUT2D eigenvalue weighted by molar-refractivity contribution is -0.135. The Kier molecular flexibility index (Phi) is 6.10. The van der Waals surface area contributed by atoms with Crippen molar-refractivity contribution in [1.29, 1.82) is 0 Å². The number of benzene rings is 1. The molecule has 116 valence electrons. The number of amides is 1. The van der Waals surface area contributed by atoms with E-state index in [1.165, 1.54) is 31.2 Å². The first-order valence-electron chi connectivity index (χ1n) is 8.13. The molecule has 21 heavy (non-hydrogen) atoms. The van der Waals surface area contributed by atoms with Gasteiger partial charge in [0.1, 0.15) is 0 Å². The molecule has 1 amide bonds. The molecule has 1 saturated carbocycles. The van der Waals surface area contributed by atoms with Gasteiger partial charge in [0.05, 0.1) is 0 Å². The Labute approximate surface area is 133 Å².